The van der Waals surface area contributed by atoms with Crippen LogP contribution >= 0.6 is 0 Å². The van der Waals surface area contributed by atoms with E-state index in [4.69, 9.17) is 4.98 Å². The number of aromatic nitrogens is 2. The Hall–Kier alpha value is -0.790. The minimum Gasteiger partial charge on any atom is -0.345 e. The van der Waals surface area contributed by atoms with Crippen molar-refractivity contribution in [1.82, 2.24) is 9.97 Å². The number of nitrogens with one attached hydrogen (secondary N) is 1. The molecule has 2 atom stereocenters. The molecule has 2 unspecified atom stereocenters. The molecule has 1 heterocycles. The lowest BCUT2D eigenvalue weighted by Crippen LogP contribution is -2.21. The van der Waals surface area contributed by atoms with E-state index in [1.807, 2.05) is 0 Å². The first-order chi connectivity index (χ1) is 9.61. The van der Waals surface area contributed by atoms with E-state index in [0.29, 0.717) is 23.7 Å². The van der Waals surface area contributed by atoms with E-state index >= 15 is 0 Å². The molecule has 0 bridgehead atoms. The molecule has 1 N–H and O–H groups in total. The Kier molecular flexibility index (Phi) is 6.07. The van der Waals surface area contributed by atoms with E-state index in [1.54, 1.807) is 0 Å². The van der Waals surface area contributed by atoms with Crippen molar-refractivity contribution in [1.29, 1.82) is 0 Å². The number of rotatable bonds is 7. The van der Waals surface area contributed by atoms with Gasteiger partial charge in [-0.25, -0.2) is 4.98 Å². The van der Waals surface area contributed by atoms with Gasteiger partial charge in [0, 0.05) is 22.9 Å². The molecule has 0 saturated carbocycles. The van der Waals surface area contributed by atoms with Gasteiger partial charge in [0.25, 0.3) is 0 Å². The lowest BCUT2D eigenvalue weighted by atomic mass is 9.80. The van der Waals surface area contributed by atoms with E-state index in [1.165, 1.54) is 30.1 Å². The maximum atomic E-state index is 5.07. The molecule has 0 aliphatic carbocycles. The predicted octanol–water partition coefficient (Wildman–Crippen LogP) is 6.01. The van der Waals surface area contributed by atoms with Crippen molar-refractivity contribution in [3.05, 3.63) is 17.2 Å². The summed E-state index contributed by atoms with van der Waals surface area (Å²) in [5.74, 6) is 3.42. The van der Waals surface area contributed by atoms with Crippen LogP contribution < -0.4 is 0 Å². The summed E-state index contributed by atoms with van der Waals surface area (Å²) in [5, 5.41) is 0. The molecule has 1 aromatic rings. The number of imidazole rings is 1. The molecule has 0 radical (unpaired) electrons. The van der Waals surface area contributed by atoms with Gasteiger partial charge in [-0.3, -0.25) is 0 Å². The fraction of sp³-hybridized carbons (Fsp3) is 0.842. The van der Waals surface area contributed by atoms with Crippen molar-refractivity contribution in [2.45, 2.75) is 92.4 Å². The molecule has 0 aliphatic heterocycles. The summed E-state index contributed by atoms with van der Waals surface area (Å²) in [6.45, 7) is 20.7. The smallest absolute Gasteiger partial charge is 0.109 e. The normalized spacial score (nSPS) is 15.8. The van der Waals surface area contributed by atoms with Crippen molar-refractivity contribution in [3.8, 4) is 0 Å². The predicted molar refractivity (Wildman–Crippen MR) is 93.0 cm³/mol. The van der Waals surface area contributed by atoms with E-state index in [-0.39, 0.29) is 5.41 Å². The third kappa shape index (κ3) is 4.11. The highest BCUT2D eigenvalue weighted by Gasteiger charge is 2.31. The van der Waals surface area contributed by atoms with Crippen LogP contribution in [0.4, 0.5) is 0 Å². The lowest BCUT2D eigenvalue weighted by molar-refractivity contribution is 0.440. The van der Waals surface area contributed by atoms with Gasteiger partial charge in [-0.15, -0.1) is 0 Å². The Morgan fingerprint density at radius 1 is 0.952 bits per heavy atom. The first-order valence-corrected chi connectivity index (χ1v) is 8.72. The third-order valence-electron chi connectivity index (χ3n) is 5.15. The molecule has 21 heavy (non-hydrogen) atoms. The Balaban J connectivity index is 3.32. The van der Waals surface area contributed by atoms with Gasteiger partial charge in [0.05, 0.1) is 5.69 Å². The van der Waals surface area contributed by atoms with Crippen LogP contribution in [-0.4, -0.2) is 9.97 Å². The van der Waals surface area contributed by atoms with Gasteiger partial charge >= 0.3 is 0 Å². The summed E-state index contributed by atoms with van der Waals surface area (Å²) in [6.07, 6.45) is 2.38. The highest BCUT2D eigenvalue weighted by atomic mass is 15.0. The quantitative estimate of drug-likeness (QED) is 0.655. The monoisotopic (exact) mass is 292 g/mol. The summed E-state index contributed by atoms with van der Waals surface area (Å²) in [6, 6.07) is 0. The number of aromatic amines is 1. The van der Waals surface area contributed by atoms with Crippen molar-refractivity contribution >= 4 is 0 Å². The summed E-state index contributed by atoms with van der Waals surface area (Å²) >= 11 is 0. The minimum absolute atomic E-state index is 0.151. The summed E-state index contributed by atoms with van der Waals surface area (Å²) in [4.78, 5) is 8.77. The van der Waals surface area contributed by atoms with Gasteiger partial charge in [-0.05, 0) is 18.3 Å². The van der Waals surface area contributed by atoms with Crippen molar-refractivity contribution in [2.75, 3.05) is 0 Å². The molecule has 2 nitrogen and oxygen atoms in total. The second-order valence-corrected chi connectivity index (χ2v) is 8.08. The largest absolute Gasteiger partial charge is 0.345 e. The maximum absolute atomic E-state index is 5.07. The highest BCUT2D eigenvalue weighted by molar-refractivity contribution is 5.27. The van der Waals surface area contributed by atoms with Gasteiger partial charge in [0.15, 0.2) is 0 Å². The first-order valence-electron chi connectivity index (χ1n) is 8.72. The van der Waals surface area contributed by atoms with E-state index < -0.39 is 0 Å². The van der Waals surface area contributed by atoms with Crippen LogP contribution in [0.2, 0.25) is 0 Å². The Morgan fingerprint density at radius 2 is 1.48 bits per heavy atom. The minimum atomic E-state index is 0.151. The first kappa shape index (κ1) is 18.3. The van der Waals surface area contributed by atoms with Crippen LogP contribution in [0.3, 0.4) is 0 Å². The van der Waals surface area contributed by atoms with Crippen molar-refractivity contribution in [3.63, 3.8) is 0 Å². The van der Waals surface area contributed by atoms with Gasteiger partial charge in [0.1, 0.15) is 5.82 Å². The molecule has 0 fully saturated rings. The Bertz CT molecular complexity index is 440. The second-order valence-electron chi connectivity index (χ2n) is 8.08. The zero-order chi connectivity index (χ0) is 16.4. The molecule has 1 aromatic heterocycles. The second kappa shape index (κ2) is 6.98. The Morgan fingerprint density at radius 3 is 1.90 bits per heavy atom. The van der Waals surface area contributed by atoms with Gasteiger partial charge in [-0.2, -0.15) is 0 Å². The fourth-order valence-corrected chi connectivity index (χ4v) is 2.86. The zero-order valence-electron chi connectivity index (χ0n) is 15.7. The molecule has 122 valence electrons. The molecular weight excluding hydrogens is 256 g/mol. The Labute approximate surface area is 132 Å². The molecule has 0 spiro atoms. The average Bonchev–Trinajstić information content (AvgIpc) is 2.82. The molecule has 0 amide bonds. The number of H-pyrrole nitrogens is 1. The van der Waals surface area contributed by atoms with Crippen LogP contribution in [-0.2, 0) is 5.41 Å². The van der Waals surface area contributed by atoms with Crippen molar-refractivity contribution < 1.29 is 0 Å². The van der Waals surface area contributed by atoms with Crippen LogP contribution in [0.25, 0.3) is 0 Å². The van der Waals surface area contributed by atoms with Gasteiger partial charge in [-0.1, -0.05) is 68.7 Å². The molecule has 0 aromatic carbocycles. The van der Waals surface area contributed by atoms with E-state index in [9.17, 15) is 0 Å². The van der Waals surface area contributed by atoms with Crippen molar-refractivity contribution in [2.24, 2.45) is 11.8 Å². The van der Waals surface area contributed by atoms with Crippen LogP contribution in [0.5, 0.6) is 0 Å². The SMILES string of the molecule is CCCC(C)(C)c1nc(C(C)C(C)C)[nH]c1C(C)C(C)C. The molecule has 2 heteroatoms. The topological polar surface area (TPSA) is 28.7 Å². The van der Waals surface area contributed by atoms with Gasteiger partial charge < -0.3 is 4.98 Å². The molecule has 1 rings (SSSR count). The fourth-order valence-electron chi connectivity index (χ4n) is 2.86. The van der Waals surface area contributed by atoms with E-state index in [2.05, 4.69) is 67.3 Å². The zero-order valence-corrected chi connectivity index (χ0v) is 15.7. The highest BCUT2D eigenvalue weighted by Crippen LogP contribution is 2.37. The molecule has 0 saturated heterocycles. The average molecular weight is 293 g/mol. The third-order valence-corrected chi connectivity index (χ3v) is 5.15. The number of hydrogen-bond acceptors (Lipinski definition) is 1. The lowest BCUT2D eigenvalue weighted by Gasteiger charge is -2.26. The summed E-state index contributed by atoms with van der Waals surface area (Å²) < 4.78 is 0. The summed E-state index contributed by atoms with van der Waals surface area (Å²) in [7, 11) is 0. The standard InChI is InChI=1S/C19H36N2/c1-10-11-19(8,9)17-16(14(6)12(2)3)20-18(21-17)15(7)13(4)5/h12-15H,10-11H2,1-9H3,(H,20,21). The molecule has 0 aliphatic rings. The number of hydrogen-bond donors (Lipinski definition) is 1. The van der Waals surface area contributed by atoms with E-state index in [0.717, 1.165) is 0 Å². The maximum Gasteiger partial charge on any atom is 0.109 e. The van der Waals surface area contributed by atoms with Gasteiger partial charge in [0.2, 0.25) is 0 Å². The number of nitrogens with zero attached hydrogens (tertiary/aromatic N) is 1. The molecular formula is C19H36N2. The van der Waals surface area contributed by atoms with Crippen LogP contribution in [0.1, 0.15) is 104 Å². The van der Waals surface area contributed by atoms with Crippen LogP contribution in [0.15, 0.2) is 0 Å². The van der Waals surface area contributed by atoms with Crippen LogP contribution in [0, 0.1) is 11.8 Å². The summed E-state index contributed by atoms with van der Waals surface area (Å²) in [5.41, 5.74) is 2.82.